The Labute approximate surface area is 136 Å². The van der Waals surface area contributed by atoms with Gasteiger partial charge in [0.1, 0.15) is 5.82 Å². The average Bonchev–Trinajstić information content (AvgIpc) is 2.53. The van der Waals surface area contributed by atoms with E-state index >= 15 is 0 Å². The summed E-state index contributed by atoms with van der Waals surface area (Å²) in [5, 5.41) is 0.0628. The fourth-order valence-electron chi connectivity index (χ4n) is 2.34. The Morgan fingerprint density at radius 3 is 2.57 bits per heavy atom. The largest absolute Gasteiger partial charge is 0.468 e. The van der Waals surface area contributed by atoms with Crippen LogP contribution in [0, 0.1) is 11.7 Å². The van der Waals surface area contributed by atoms with Gasteiger partial charge in [0.05, 0.1) is 20.3 Å². The molecular weight excluding hydrogens is 329 g/mol. The average molecular weight is 342 g/mol. The highest BCUT2D eigenvalue weighted by molar-refractivity contribution is 6.31. The first kappa shape index (κ1) is 17.0. The topological polar surface area (TPSA) is 72.9 Å². The van der Waals surface area contributed by atoms with Crippen molar-refractivity contribution in [2.75, 3.05) is 14.2 Å². The number of hydrogen-bond acceptors (Lipinski definition) is 5. The lowest BCUT2D eigenvalue weighted by atomic mass is 9.82. The molecule has 6 nitrogen and oxygen atoms in total. The SMILES string of the molecule is COC(=O)/C=C/N1C(=O)[C@H](C(=O)OC)[C@H]1c1c(F)cccc1Cl. The zero-order valence-corrected chi connectivity index (χ0v) is 13.0. The van der Waals surface area contributed by atoms with Gasteiger partial charge >= 0.3 is 11.9 Å². The van der Waals surface area contributed by atoms with Crippen LogP contribution in [-0.2, 0) is 23.9 Å². The van der Waals surface area contributed by atoms with Crippen LogP contribution in [0.4, 0.5) is 4.39 Å². The summed E-state index contributed by atoms with van der Waals surface area (Å²) in [4.78, 5) is 36.1. The van der Waals surface area contributed by atoms with Gasteiger partial charge in [-0.1, -0.05) is 17.7 Å². The number of likely N-dealkylation sites (tertiary alicyclic amines) is 1. The van der Waals surface area contributed by atoms with Crippen molar-refractivity contribution in [1.82, 2.24) is 4.90 Å². The van der Waals surface area contributed by atoms with E-state index in [1.165, 1.54) is 25.3 Å². The maximum atomic E-state index is 14.1. The van der Waals surface area contributed by atoms with Gasteiger partial charge in [0, 0.05) is 22.9 Å². The molecule has 2 atom stereocenters. The van der Waals surface area contributed by atoms with E-state index in [4.69, 9.17) is 11.6 Å². The van der Waals surface area contributed by atoms with E-state index in [2.05, 4.69) is 9.47 Å². The lowest BCUT2D eigenvalue weighted by molar-refractivity contribution is -0.168. The van der Waals surface area contributed by atoms with Gasteiger partial charge in [0.25, 0.3) is 0 Å². The number of carbonyl (C=O) groups excluding carboxylic acids is 3. The summed E-state index contributed by atoms with van der Waals surface area (Å²) < 4.78 is 23.2. The van der Waals surface area contributed by atoms with E-state index in [-0.39, 0.29) is 10.6 Å². The van der Waals surface area contributed by atoms with Crippen molar-refractivity contribution < 1.29 is 28.2 Å². The third kappa shape index (κ3) is 3.05. The highest BCUT2D eigenvalue weighted by atomic mass is 35.5. The van der Waals surface area contributed by atoms with Crippen LogP contribution in [0.25, 0.3) is 0 Å². The lowest BCUT2D eigenvalue weighted by Crippen LogP contribution is -2.56. The third-order valence-corrected chi connectivity index (χ3v) is 3.79. The minimum atomic E-state index is -1.23. The lowest BCUT2D eigenvalue weighted by Gasteiger charge is -2.44. The van der Waals surface area contributed by atoms with Crippen LogP contribution >= 0.6 is 11.6 Å². The molecule has 1 amide bonds. The number of rotatable bonds is 4. The standard InChI is InChI=1S/C15H13ClFNO5/c1-22-10(19)6-7-18-13(12(14(18)20)15(21)23-2)11-8(16)4-3-5-9(11)17/h3-7,12-13H,1-2H3/b7-6+/t12-,13-/m1/s1. The van der Waals surface area contributed by atoms with Crippen LogP contribution in [0.1, 0.15) is 11.6 Å². The highest BCUT2D eigenvalue weighted by Gasteiger charge is 2.53. The minimum absolute atomic E-state index is 0.0151. The van der Waals surface area contributed by atoms with Gasteiger partial charge in [0.15, 0.2) is 5.92 Å². The van der Waals surface area contributed by atoms with Crippen LogP contribution in [0.2, 0.25) is 5.02 Å². The van der Waals surface area contributed by atoms with Gasteiger partial charge in [-0.25, -0.2) is 9.18 Å². The van der Waals surface area contributed by atoms with Crippen molar-refractivity contribution in [3.63, 3.8) is 0 Å². The van der Waals surface area contributed by atoms with Gasteiger partial charge in [-0.2, -0.15) is 0 Å². The summed E-state index contributed by atoms with van der Waals surface area (Å²) in [6, 6.07) is 3.02. The Bertz CT molecular complexity index is 670. The van der Waals surface area contributed by atoms with Gasteiger partial charge in [-0.05, 0) is 12.1 Å². The number of methoxy groups -OCH3 is 2. The number of ether oxygens (including phenoxy) is 2. The highest BCUT2D eigenvalue weighted by Crippen LogP contribution is 2.44. The summed E-state index contributed by atoms with van der Waals surface area (Å²) in [5.74, 6) is -4.02. The predicted octanol–water partition coefficient (Wildman–Crippen LogP) is 1.84. The summed E-state index contributed by atoms with van der Waals surface area (Å²) in [7, 11) is 2.30. The molecule has 0 aliphatic carbocycles. The summed E-state index contributed by atoms with van der Waals surface area (Å²) >= 11 is 6.01. The van der Waals surface area contributed by atoms with Crippen molar-refractivity contribution in [3.05, 3.63) is 46.9 Å². The molecule has 23 heavy (non-hydrogen) atoms. The molecule has 0 unspecified atom stereocenters. The van der Waals surface area contributed by atoms with Crippen LogP contribution in [0.15, 0.2) is 30.5 Å². The number of esters is 2. The fraction of sp³-hybridized carbons (Fsp3) is 0.267. The third-order valence-electron chi connectivity index (χ3n) is 3.46. The summed E-state index contributed by atoms with van der Waals surface area (Å²) in [6.45, 7) is 0. The van der Waals surface area contributed by atoms with Crippen LogP contribution in [0.3, 0.4) is 0 Å². The second-order valence-electron chi connectivity index (χ2n) is 4.67. The first-order chi connectivity index (χ1) is 10.9. The fourth-order valence-corrected chi connectivity index (χ4v) is 2.62. The Balaban J connectivity index is 2.43. The number of halogens is 2. The van der Waals surface area contributed by atoms with Crippen molar-refractivity contribution in [3.8, 4) is 0 Å². The molecule has 1 aliphatic heterocycles. The zero-order chi connectivity index (χ0) is 17.1. The second-order valence-corrected chi connectivity index (χ2v) is 5.07. The molecule has 8 heteroatoms. The maximum Gasteiger partial charge on any atom is 0.331 e. The Morgan fingerprint density at radius 1 is 1.30 bits per heavy atom. The summed E-state index contributed by atoms with van der Waals surface area (Å²) in [5.41, 5.74) is -0.0151. The molecule has 0 N–H and O–H groups in total. The van der Waals surface area contributed by atoms with E-state index in [0.717, 1.165) is 24.3 Å². The number of amides is 1. The number of β-lactam (4-membered cyclic amide) rings is 1. The van der Waals surface area contributed by atoms with Gasteiger partial charge in [-0.15, -0.1) is 0 Å². The van der Waals surface area contributed by atoms with Gasteiger partial charge in [-0.3, -0.25) is 9.59 Å². The van der Waals surface area contributed by atoms with Crippen LogP contribution < -0.4 is 0 Å². The molecular formula is C15H13ClFNO5. The van der Waals surface area contributed by atoms with Crippen LogP contribution in [-0.4, -0.2) is 37.0 Å². The molecule has 0 bridgehead atoms. The quantitative estimate of drug-likeness (QED) is 0.361. The number of hydrogen-bond donors (Lipinski definition) is 0. The Kier molecular flexibility index (Phi) is 5.00. The predicted molar refractivity (Wildman–Crippen MR) is 77.7 cm³/mol. The van der Waals surface area contributed by atoms with Crippen molar-refractivity contribution >= 4 is 29.4 Å². The minimum Gasteiger partial charge on any atom is -0.468 e. The zero-order valence-electron chi connectivity index (χ0n) is 12.3. The van der Waals surface area contributed by atoms with Crippen molar-refractivity contribution in [2.24, 2.45) is 5.92 Å². The van der Waals surface area contributed by atoms with E-state index in [1.807, 2.05) is 0 Å². The molecule has 1 saturated heterocycles. The molecule has 2 rings (SSSR count). The molecule has 1 aliphatic rings. The molecule has 1 aromatic rings. The van der Waals surface area contributed by atoms with E-state index in [9.17, 15) is 18.8 Å². The van der Waals surface area contributed by atoms with E-state index in [1.54, 1.807) is 0 Å². The van der Waals surface area contributed by atoms with Gasteiger partial charge in [0.2, 0.25) is 5.91 Å². The Morgan fingerprint density at radius 2 is 2.00 bits per heavy atom. The molecule has 1 fully saturated rings. The van der Waals surface area contributed by atoms with Crippen molar-refractivity contribution in [1.29, 1.82) is 0 Å². The maximum absolute atomic E-state index is 14.1. The molecule has 0 saturated carbocycles. The monoisotopic (exact) mass is 341 g/mol. The van der Waals surface area contributed by atoms with Crippen molar-refractivity contribution in [2.45, 2.75) is 6.04 Å². The van der Waals surface area contributed by atoms with E-state index in [0.29, 0.717) is 0 Å². The second kappa shape index (κ2) is 6.78. The molecule has 122 valence electrons. The molecule has 0 radical (unpaired) electrons. The van der Waals surface area contributed by atoms with Crippen LogP contribution in [0.5, 0.6) is 0 Å². The molecule has 1 heterocycles. The first-order valence-corrected chi connectivity index (χ1v) is 6.90. The number of carbonyl (C=O) groups is 3. The van der Waals surface area contributed by atoms with E-state index < -0.39 is 35.6 Å². The smallest absolute Gasteiger partial charge is 0.331 e. The number of benzene rings is 1. The number of nitrogens with zero attached hydrogens (tertiary/aromatic N) is 1. The first-order valence-electron chi connectivity index (χ1n) is 6.52. The molecule has 0 spiro atoms. The molecule has 0 aromatic heterocycles. The van der Waals surface area contributed by atoms with Gasteiger partial charge < -0.3 is 14.4 Å². The normalized spacial score (nSPS) is 20.3. The molecule has 1 aromatic carbocycles. The summed E-state index contributed by atoms with van der Waals surface area (Å²) in [6.07, 6.45) is 2.12. The Hall–Kier alpha value is -2.41.